The molecule has 0 fully saturated rings. The van der Waals surface area contributed by atoms with E-state index in [1.54, 1.807) is 6.21 Å². The number of hydrogen-bond donors (Lipinski definition) is 2. The minimum Gasteiger partial charge on any atom is -0.375 e. The fraction of sp³-hybridized carbons (Fsp3) is 0.412. The van der Waals surface area contributed by atoms with Crippen LogP contribution in [-0.2, 0) is 6.42 Å². The van der Waals surface area contributed by atoms with Crippen molar-refractivity contribution in [2.45, 2.75) is 40.0 Å². The number of halogens is 1. The Morgan fingerprint density at radius 2 is 2.14 bits per heavy atom. The monoisotopic (exact) mass is 337 g/mol. The molecule has 1 aromatic rings. The minimum atomic E-state index is 0.135. The first kappa shape index (κ1) is 18.7. The second-order valence-corrected chi connectivity index (χ2v) is 7.42. The summed E-state index contributed by atoms with van der Waals surface area (Å²) >= 11 is 11.0. The fourth-order valence-electron chi connectivity index (χ4n) is 2.17. The molecular weight excluding hydrogens is 314 g/mol. The summed E-state index contributed by atoms with van der Waals surface area (Å²) in [5.41, 5.74) is 11.4. The van der Waals surface area contributed by atoms with Gasteiger partial charge in [-0.25, -0.2) is 0 Å². The maximum Gasteiger partial charge on any atom is 0.184 e. The van der Waals surface area contributed by atoms with Crippen LogP contribution in [0.3, 0.4) is 0 Å². The number of nitrogens with two attached hydrogens (primary N) is 1. The average Bonchev–Trinajstić information content (AvgIpc) is 2.35. The first-order valence-corrected chi connectivity index (χ1v) is 7.99. The molecule has 1 rings (SSSR count). The summed E-state index contributed by atoms with van der Waals surface area (Å²) in [5, 5.41) is 4.79. The number of nitrogens with one attached hydrogen (secondary N) is 1. The Balaban J connectivity index is 2.61. The summed E-state index contributed by atoms with van der Waals surface area (Å²) in [4.78, 5) is 0. The summed E-state index contributed by atoms with van der Waals surface area (Å²) in [7, 11) is 0. The average molecular weight is 338 g/mol. The molecule has 0 unspecified atom stereocenters. The molecule has 3 N–H and O–H groups in total. The first-order chi connectivity index (χ1) is 10.2. The van der Waals surface area contributed by atoms with E-state index in [-0.39, 0.29) is 10.5 Å². The zero-order chi connectivity index (χ0) is 16.8. The van der Waals surface area contributed by atoms with Gasteiger partial charge in [-0.1, -0.05) is 56.7 Å². The van der Waals surface area contributed by atoms with Gasteiger partial charge in [-0.05, 0) is 54.1 Å². The first-order valence-electron chi connectivity index (χ1n) is 7.21. The van der Waals surface area contributed by atoms with Crippen LogP contribution in [0.5, 0.6) is 0 Å². The standard InChI is InChI=1S/C17H24ClN3S/c1-12(10-17(2,3)4)5-7-14-8-6-13(9-15(14)18)11-20-21-16(19)22/h6,8-9,11H,1,5,7,10H2,2-4H3,(H3,19,21,22)/b20-11+. The van der Waals surface area contributed by atoms with Gasteiger partial charge in [0.25, 0.3) is 0 Å². The third-order valence-corrected chi connectivity index (χ3v) is 3.44. The Morgan fingerprint density at radius 1 is 1.45 bits per heavy atom. The zero-order valence-electron chi connectivity index (χ0n) is 13.4. The molecule has 3 nitrogen and oxygen atoms in total. The lowest BCUT2D eigenvalue weighted by Gasteiger charge is -2.19. The van der Waals surface area contributed by atoms with Crippen molar-refractivity contribution in [2.24, 2.45) is 16.3 Å². The van der Waals surface area contributed by atoms with Gasteiger partial charge in [0.15, 0.2) is 5.11 Å². The van der Waals surface area contributed by atoms with Crippen LogP contribution < -0.4 is 11.2 Å². The molecule has 0 aliphatic heterocycles. The molecule has 120 valence electrons. The topological polar surface area (TPSA) is 50.4 Å². The second kappa shape index (κ2) is 8.30. The Hall–Kier alpha value is -1.39. The summed E-state index contributed by atoms with van der Waals surface area (Å²) in [6, 6.07) is 5.88. The van der Waals surface area contributed by atoms with Crippen LogP contribution in [0.2, 0.25) is 5.02 Å². The Bertz CT molecular complexity index is 574. The van der Waals surface area contributed by atoms with Crippen molar-refractivity contribution in [3.05, 3.63) is 46.5 Å². The van der Waals surface area contributed by atoms with Gasteiger partial charge in [0.2, 0.25) is 0 Å². The van der Waals surface area contributed by atoms with E-state index in [4.69, 9.17) is 17.3 Å². The molecule has 0 aliphatic rings. The zero-order valence-corrected chi connectivity index (χ0v) is 15.0. The quantitative estimate of drug-likeness (QED) is 0.349. The van der Waals surface area contributed by atoms with Crippen molar-refractivity contribution in [3.8, 4) is 0 Å². The van der Waals surface area contributed by atoms with Crippen LogP contribution in [0, 0.1) is 5.41 Å². The van der Waals surface area contributed by atoms with E-state index in [0.29, 0.717) is 0 Å². The molecule has 22 heavy (non-hydrogen) atoms. The van der Waals surface area contributed by atoms with Gasteiger partial charge < -0.3 is 5.73 Å². The molecule has 0 spiro atoms. The predicted octanol–water partition coefficient (Wildman–Crippen LogP) is 4.43. The normalized spacial score (nSPS) is 11.6. The number of allylic oxidation sites excluding steroid dienone is 1. The molecule has 0 aliphatic carbocycles. The van der Waals surface area contributed by atoms with Crippen molar-refractivity contribution in [3.63, 3.8) is 0 Å². The van der Waals surface area contributed by atoms with Gasteiger partial charge in [-0.15, -0.1) is 0 Å². The van der Waals surface area contributed by atoms with E-state index in [1.165, 1.54) is 5.57 Å². The van der Waals surface area contributed by atoms with Crippen molar-refractivity contribution in [1.82, 2.24) is 5.43 Å². The van der Waals surface area contributed by atoms with Gasteiger partial charge >= 0.3 is 0 Å². The van der Waals surface area contributed by atoms with Crippen molar-refractivity contribution in [2.75, 3.05) is 0 Å². The Kier molecular flexibility index (Phi) is 7.04. The third-order valence-electron chi connectivity index (χ3n) is 2.99. The molecule has 0 atom stereocenters. The van der Waals surface area contributed by atoms with Crippen LogP contribution in [-0.4, -0.2) is 11.3 Å². The second-order valence-electron chi connectivity index (χ2n) is 6.57. The highest BCUT2D eigenvalue weighted by molar-refractivity contribution is 7.80. The van der Waals surface area contributed by atoms with Gasteiger partial charge in [0.05, 0.1) is 6.21 Å². The molecule has 5 heteroatoms. The number of thiocarbonyl (C=S) groups is 1. The molecule has 0 saturated carbocycles. The SMILES string of the molecule is C=C(CCc1ccc(/C=N/NC(N)=S)cc1Cl)CC(C)(C)C. The maximum atomic E-state index is 6.33. The highest BCUT2D eigenvalue weighted by Crippen LogP contribution is 2.27. The summed E-state index contributed by atoms with van der Waals surface area (Å²) < 4.78 is 0. The Morgan fingerprint density at radius 3 is 2.68 bits per heavy atom. The number of rotatable bonds is 6. The van der Waals surface area contributed by atoms with E-state index < -0.39 is 0 Å². The fourth-order valence-corrected chi connectivity index (χ4v) is 2.50. The van der Waals surface area contributed by atoms with Gasteiger partial charge in [0, 0.05) is 5.02 Å². The summed E-state index contributed by atoms with van der Waals surface area (Å²) in [6.07, 6.45) is 4.51. The number of aryl methyl sites for hydroxylation is 1. The van der Waals surface area contributed by atoms with Gasteiger partial charge in [-0.3, -0.25) is 5.43 Å². The van der Waals surface area contributed by atoms with Crippen molar-refractivity contribution >= 4 is 35.1 Å². The maximum absolute atomic E-state index is 6.33. The van der Waals surface area contributed by atoms with Crippen LogP contribution in [0.4, 0.5) is 0 Å². The lowest BCUT2D eigenvalue weighted by Crippen LogP contribution is -2.23. The van der Waals surface area contributed by atoms with E-state index in [2.05, 4.69) is 50.1 Å². The van der Waals surface area contributed by atoms with Crippen molar-refractivity contribution < 1.29 is 0 Å². The van der Waals surface area contributed by atoms with Gasteiger partial charge in [-0.2, -0.15) is 5.10 Å². The highest BCUT2D eigenvalue weighted by atomic mass is 35.5. The number of benzene rings is 1. The predicted molar refractivity (Wildman–Crippen MR) is 101 cm³/mol. The molecule has 0 amide bonds. The van der Waals surface area contributed by atoms with Crippen molar-refractivity contribution in [1.29, 1.82) is 0 Å². The summed E-state index contributed by atoms with van der Waals surface area (Å²) in [6.45, 7) is 10.8. The van der Waals surface area contributed by atoms with Crippen LogP contribution in [0.1, 0.15) is 44.7 Å². The minimum absolute atomic E-state index is 0.135. The summed E-state index contributed by atoms with van der Waals surface area (Å²) in [5.74, 6) is 0. The molecule has 1 aromatic carbocycles. The van der Waals surface area contributed by atoms with Gasteiger partial charge in [0.1, 0.15) is 0 Å². The molecular formula is C17H24ClN3S. The molecule has 0 aromatic heterocycles. The number of hydrazone groups is 1. The number of hydrogen-bond acceptors (Lipinski definition) is 2. The van der Waals surface area contributed by atoms with Crippen LogP contribution in [0.15, 0.2) is 35.5 Å². The number of nitrogens with zero attached hydrogens (tertiary/aromatic N) is 1. The lowest BCUT2D eigenvalue weighted by molar-refractivity contribution is 0.405. The lowest BCUT2D eigenvalue weighted by atomic mass is 9.86. The van der Waals surface area contributed by atoms with E-state index in [0.717, 1.165) is 35.4 Å². The van der Waals surface area contributed by atoms with E-state index in [1.807, 2.05) is 18.2 Å². The molecule has 0 radical (unpaired) electrons. The smallest absolute Gasteiger partial charge is 0.184 e. The van der Waals surface area contributed by atoms with E-state index in [9.17, 15) is 0 Å². The van der Waals surface area contributed by atoms with Crippen LogP contribution in [0.25, 0.3) is 0 Å². The van der Waals surface area contributed by atoms with E-state index >= 15 is 0 Å². The third kappa shape index (κ3) is 7.57. The molecule has 0 heterocycles. The molecule has 0 saturated heterocycles. The highest BCUT2D eigenvalue weighted by Gasteiger charge is 2.12. The Labute approximate surface area is 143 Å². The molecule has 0 bridgehead atoms. The largest absolute Gasteiger partial charge is 0.375 e. The van der Waals surface area contributed by atoms with Crippen LogP contribution >= 0.6 is 23.8 Å².